The summed E-state index contributed by atoms with van der Waals surface area (Å²) < 4.78 is 61.2. The molecule has 6 nitrogen and oxygen atoms in total. The van der Waals surface area contributed by atoms with Crippen LogP contribution in [0.2, 0.25) is 0 Å². The van der Waals surface area contributed by atoms with Gasteiger partial charge in [0.25, 0.3) is 10.0 Å². The topological polar surface area (TPSA) is 75.7 Å². The fourth-order valence-electron chi connectivity index (χ4n) is 3.06. The number of sulfonamides is 1. The minimum absolute atomic E-state index is 0.105. The molecule has 3 aromatic rings. The van der Waals surface area contributed by atoms with Gasteiger partial charge >= 0.3 is 0 Å². The summed E-state index contributed by atoms with van der Waals surface area (Å²) in [5, 5.41) is 2.13. The SMILES string of the molecule is COc1ccc(C)cc1S(=O)(=O)N(CC(=O)Nc1c(F)cccc1F)c1ccc(C)cc1. The maximum atomic E-state index is 14.0. The number of methoxy groups -OCH3 is 1. The number of halogens is 2. The predicted molar refractivity (Wildman–Crippen MR) is 118 cm³/mol. The Bertz CT molecular complexity index is 1230. The number of anilines is 2. The molecule has 0 radical (unpaired) electrons. The summed E-state index contributed by atoms with van der Waals surface area (Å²) >= 11 is 0. The van der Waals surface area contributed by atoms with Gasteiger partial charge in [0, 0.05) is 0 Å². The molecule has 0 saturated heterocycles. The average Bonchev–Trinajstić information content (AvgIpc) is 2.75. The number of nitrogens with one attached hydrogen (secondary N) is 1. The lowest BCUT2D eigenvalue weighted by molar-refractivity contribution is -0.114. The van der Waals surface area contributed by atoms with Gasteiger partial charge in [0.2, 0.25) is 5.91 Å². The third-order valence-electron chi connectivity index (χ3n) is 4.72. The molecule has 0 bridgehead atoms. The monoisotopic (exact) mass is 460 g/mol. The highest BCUT2D eigenvalue weighted by Gasteiger charge is 2.30. The molecule has 0 aliphatic rings. The fourth-order valence-corrected chi connectivity index (χ4v) is 4.72. The largest absolute Gasteiger partial charge is 0.495 e. The van der Waals surface area contributed by atoms with Gasteiger partial charge in [-0.3, -0.25) is 9.10 Å². The number of rotatable bonds is 7. The van der Waals surface area contributed by atoms with Crippen molar-refractivity contribution in [2.45, 2.75) is 18.7 Å². The number of carbonyl (C=O) groups excluding carboxylic acids is 1. The van der Waals surface area contributed by atoms with Crippen LogP contribution in [0.25, 0.3) is 0 Å². The van der Waals surface area contributed by atoms with Crippen LogP contribution in [-0.4, -0.2) is 28.0 Å². The standard InChI is InChI=1S/C23H22F2N2O4S/c1-15-7-10-17(11-8-15)27(14-22(28)26-23-18(24)5-4-6-19(23)25)32(29,30)21-13-16(2)9-12-20(21)31-3/h4-13H,14H2,1-3H3,(H,26,28). The maximum absolute atomic E-state index is 14.0. The number of benzene rings is 3. The van der Waals surface area contributed by atoms with Crippen LogP contribution in [-0.2, 0) is 14.8 Å². The first-order chi connectivity index (χ1) is 15.1. The smallest absolute Gasteiger partial charge is 0.268 e. The number of nitrogens with zero attached hydrogens (tertiary/aromatic N) is 1. The lowest BCUT2D eigenvalue weighted by Gasteiger charge is -2.25. The first kappa shape index (κ1) is 23.2. The highest BCUT2D eigenvalue weighted by molar-refractivity contribution is 7.93. The number of carbonyl (C=O) groups is 1. The van der Waals surface area contributed by atoms with Crippen LogP contribution in [0.3, 0.4) is 0 Å². The van der Waals surface area contributed by atoms with E-state index in [9.17, 15) is 22.0 Å². The maximum Gasteiger partial charge on any atom is 0.268 e. The Kier molecular flexibility index (Phi) is 6.78. The van der Waals surface area contributed by atoms with E-state index in [0.29, 0.717) is 5.56 Å². The molecule has 1 amide bonds. The van der Waals surface area contributed by atoms with E-state index in [4.69, 9.17) is 4.74 Å². The lowest BCUT2D eigenvalue weighted by atomic mass is 10.2. The van der Waals surface area contributed by atoms with Gasteiger partial charge in [0.15, 0.2) is 0 Å². The lowest BCUT2D eigenvalue weighted by Crippen LogP contribution is -2.38. The van der Waals surface area contributed by atoms with Gasteiger partial charge in [-0.15, -0.1) is 0 Å². The van der Waals surface area contributed by atoms with Crippen LogP contribution in [0.5, 0.6) is 5.75 Å². The zero-order chi connectivity index (χ0) is 23.5. The van der Waals surface area contributed by atoms with Crippen LogP contribution >= 0.6 is 0 Å². The third-order valence-corrected chi connectivity index (χ3v) is 6.52. The van der Waals surface area contributed by atoms with Gasteiger partial charge in [-0.2, -0.15) is 0 Å². The molecule has 3 rings (SSSR count). The summed E-state index contributed by atoms with van der Waals surface area (Å²) in [5.74, 6) is -2.75. The van der Waals surface area contributed by atoms with Gasteiger partial charge in [-0.1, -0.05) is 29.8 Å². The summed E-state index contributed by atoms with van der Waals surface area (Å²) in [5.41, 5.74) is 1.12. The summed E-state index contributed by atoms with van der Waals surface area (Å²) in [6.07, 6.45) is 0. The summed E-state index contributed by atoms with van der Waals surface area (Å²) in [4.78, 5) is 12.6. The summed E-state index contributed by atoms with van der Waals surface area (Å²) in [6, 6.07) is 14.3. The number of hydrogen-bond donors (Lipinski definition) is 1. The number of para-hydroxylation sites is 1. The molecule has 0 aliphatic heterocycles. The Morgan fingerprint density at radius 3 is 2.16 bits per heavy atom. The molecule has 0 spiro atoms. The second kappa shape index (κ2) is 9.35. The molecule has 3 aromatic carbocycles. The van der Waals surface area contributed by atoms with E-state index in [2.05, 4.69) is 5.32 Å². The highest BCUT2D eigenvalue weighted by atomic mass is 32.2. The van der Waals surface area contributed by atoms with Crippen LogP contribution in [0, 0.1) is 25.5 Å². The molecule has 1 N–H and O–H groups in total. The molecule has 32 heavy (non-hydrogen) atoms. The number of ether oxygens (including phenoxy) is 1. The van der Waals surface area contributed by atoms with Crippen molar-refractivity contribution < 1.29 is 26.7 Å². The van der Waals surface area contributed by atoms with Gasteiger partial charge < -0.3 is 10.1 Å². The van der Waals surface area contributed by atoms with Crippen molar-refractivity contribution in [1.82, 2.24) is 0 Å². The Morgan fingerprint density at radius 1 is 0.969 bits per heavy atom. The third kappa shape index (κ3) is 4.88. The summed E-state index contributed by atoms with van der Waals surface area (Å²) in [6.45, 7) is 2.85. The minimum atomic E-state index is -4.28. The molecule has 168 valence electrons. The first-order valence-electron chi connectivity index (χ1n) is 9.61. The van der Waals surface area contributed by atoms with Crippen molar-refractivity contribution in [3.63, 3.8) is 0 Å². The molecule has 0 saturated carbocycles. The minimum Gasteiger partial charge on any atom is -0.495 e. The molecular weight excluding hydrogens is 438 g/mol. The molecule has 0 fully saturated rings. The highest BCUT2D eigenvalue weighted by Crippen LogP contribution is 2.31. The van der Waals surface area contributed by atoms with Gasteiger partial charge in [0.1, 0.15) is 34.5 Å². The van der Waals surface area contributed by atoms with Crippen LogP contribution in [0.4, 0.5) is 20.2 Å². The van der Waals surface area contributed by atoms with Crippen LogP contribution in [0.15, 0.2) is 65.6 Å². The van der Waals surface area contributed by atoms with Crippen molar-refractivity contribution in [1.29, 1.82) is 0 Å². The Balaban J connectivity index is 2.04. The number of amides is 1. The zero-order valence-corrected chi connectivity index (χ0v) is 18.5. The van der Waals surface area contributed by atoms with Crippen molar-refractivity contribution in [3.8, 4) is 5.75 Å². The van der Waals surface area contributed by atoms with Crippen molar-refractivity contribution in [2.24, 2.45) is 0 Å². The first-order valence-corrected chi connectivity index (χ1v) is 11.1. The van der Waals surface area contributed by atoms with Crippen LogP contribution in [0.1, 0.15) is 11.1 Å². The zero-order valence-electron chi connectivity index (χ0n) is 17.7. The van der Waals surface area contributed by atoms with Gasteiger partial charge in [-0.05, 0) is 55.8 Å². The Labute approximate surface area is 185 Å². The van der Waals surface area contributed by atoms with E-state index in [1.807, 2.05) is 6.92 Å². The van der Waals surface area contributed by atoms with E-state index in [1.165, 1.54) is 19.2 Å². The Morgan fingerprint density at radius 2 is 1.56 bits per heavy atom. The fraction of sp³-hybridized carbons (Fsp3) is 0.174. The molecule has 0 aromatic heterocycles. The summed E-state index contributed by atoms with van der Waals surface area (Å²) in [7, 11) is -2.94. The quantitative estimate of drug-likeness (QED) is 0.566. The van der Waals surface area contributed by atoms with E-state index in [0.717, 1.165) is 28.1 Å². The molecule has 0 unspecified atom stereocenters. The van der Waals surface area contributed by atoms with Crippen molar-refractivity contribution in [2.75, 3.05) is 23.3 Å². The van der Waals surface area contributed by atoms with E-state index >= 15 is 0 Å². The van der Waals surface area contributed by atoms with Gasteiger partial charge in [0.05, 0.1) is 12.8 Å². The molecule has 0 aliphatic carbocycles. The second-order valence-corrected chi connectivity index (χ2v) is 8.98. The van der Waals surface area contributed by atoms with Crippen molar-refractivity contribution in [3.05, 3.63) is 83.4 Å². The van der Waals surface area contributed by atoms with E-state index < -0.39 is 39.8 Å². The predicted octanol–water partition coefficient (Wildman–Crippen LogP) is 4.42. The normalized spacial score (nSPS) is 11.2. The molecule has 9 heteroatoms. The van der Waals surface area contributed by atoms with Crippen LogP contribution < -0.4 is 14.4 Å². The van der Waals surface area contributed by atoms with E-state index in [1.54, 1.807) is 37.3 Å². The van der Waals surface area contributed by atoms with E-state index in [-0.39, 0.29) is 16.3 Å². The molecular formula is C23H22F2N2O4S. The molecule has 0 heterocycles. The average molecular weight is 461 g/mol. The number of aryl methyl sites for hydroxylation is 2. The second-order valence-electron chi connectivity index (χ2n) is 7.15. The van der Waals surface area contributed by atoms with Crippen molar-refractivity contribution >= 4 is 27.3 Å². The Hall–Kier alpha value is -3.46. The van der Waals surface area contributed by atoms with Gasteiger partial charge in [-0.25, -0.2) is 17.2 Å². The number of hydrogen-bond acceptors (Lipinski definition) is 4. The molecule has 0 atom stereocenters.